The molecule has 1 aliphatic rings. The van der Waals surface area contributed by atoms with Crippen molar-refractivity contribution in [3.63, 3.8) is 0 Å². The first-order valence-electron chi connectivity index (χ1n) is 8.63. The van der Waals surface area contributed by atoms with Crippen LogP contribution in [0, 0.1) is 5.92 Å². The Morgan fingerprint density at radius 2 is 2.04 bits per heavy atom. The van der Waals surface area contributed by atoms with E-state index in [0.29, 0.717) is 29.1 Å². The van der Waals surface area contributed by atoms with Gasteiger partial charge in [0.1, 0.15) is 11.0 Å². The zero-order chi connectivity index (χ0) is 17.1. The van der Waals surface area contributed by atoms with Gasteiger partial charge in [-0.3, -0.25) is 9.69 Å². The normalized spacial score (nSPS) is 17.8. The van der Waals surface area contributed by atoms with Gasteiger partial charge in [0.15, 0.2) is 0 Å². The number of rotatable bonds is 5. The minimum absolute atomic E-state index is 0.0824. The molecule has 1 aliphatic heterocycles. The second kappa shape index (κ2) is 7.03. The highest BCUT2D eigenvalue weighted by Crippen LogP contribution is 2.19. The Morgan fingerprint density at radius 1 is 1.16 bits per heavy atom. The molecule has 128 valence electrons. The molecule has 1 fully saturated rings. The molecule has 6 heteroatoms. The van der Waals surface area contributed by atoms with Crippen molar-refractivity contribution in [2.24, 2.45) is 5.92 Å². The molecule has 1 unspecified atom stereocenters. The Morgan fingerprint density at radius 3 is 2.92 bits per heavy atom. The van der Waals surface area contributed by atoms with Crippen molar-refractivity contribution in [2.75, 3.05) is 19.6 Å². The number of benzene rings is 2. The Hall–Kier alpha value is -2.73. The Labute approximate surface area is 146 Å². The molecule has 0 aliphatic carbocycles. The van der Waals surface area contributed by atoms with Crippen LogP contribution in [-0.4, -0.2) is 45.9 Å². The third-order valence-electron chi connectivity index (χ3n) is 4.76. The van der Waals surface area contributed by atoms with Gasteiger partial charge < -0.3 is 5.32 Å². The quantitative estimate of drug-likeness (QED) is 0.750. The standard InChI is InChI=1S/C19H21N5O/c25-19(16-7-4-8-17-18(16)22-23-21-17)20-11-15-9-10-24(13-15)12-14-5-2-1-3-6-14/h1-8,15H,9-13H2,(H,20,25)(H,21,22,23). The second-order valence-corrected chi connectivity index (χ2v) is 6.58. The van der Waals surface area contributed by atoms with E-state index in [1.807, 2.05) is 18.2 Å². The van der Waals surface area contributed by atoms with Gasteiger partial charge in [-0.2, -0.15) is 15.4 Å². The maximum Gasteiger partial charge on any atom is 0.253 e. The number of nitrogens with zero attached hydrogens (tertiary/aromatic N) is 3. The highest BCUT2D eigenvalue weighted by molar-refractivity contribution is 6.04. The van der Waals surface area contributed by atoms with E-state index < -0.39 is 0 Å². The molecular weight excluding hydrogens is 314 g/mol. The summed E-state index contributed by atoms with van der Waals surface area (Å²) in [6, 6.07) is 16.0. The number of aromatic nitrogens is 3. The molecule has 1 amide bonds. The van der Waals surface area contributed by atoms with Crippen LogP contribution in [0.3, 0.4) is 0 Å². The van der Waals surface area contributed by atoms with E-state index >= 15 is 0 Å². The van der Waals surface area contributed by atoms with Crippen LogP contribution < -0.4 is 5.32 Å². The number of para-hydroxylation sites is 1. The predicted molar refractivity (Wildman–Crippen MR) is 96.0 cm³/mol. The lowest BCUT2D eigenvalue weighted by molar-refractivity contribution is 0.0948. The van der Waals surface area contributed by atoms with Crippen LogP contribution in [0.4, 0.5) is 0 Å². The molecule has 1 saturated heterocycles. The molecular formula is C19H21N5O. The summed E-state index contributed by atoms with van der Waals surface area (Å²) in [5, 5.41) is 13.7. The molecule has 6 nitrogen and oxygen atoms in total. The van der Waals surface area contributed by atoms with Crippen LogP contribution in [0.2, 0.25) is 0 Å². The van der Waals surface area contributed by atoms with E-state index in [9.17, 15) is 4.79 Å². The molecule has 2 aromatic carbocycles. The summed E-state index contributed by atoms with van der Waals surface area (Å²) in [5.74, 6) is 0.408. The molecule has 4 rings (SSSR count). The van der Waals surface area contributed by atoms with Gasteiger partial charge in [0.05, 0.1) is 5.56 Å². The summed E-state index contributed by atoms with van der Waals surface area (Å²) in [7, 11) is 0. The Kier molecular flexibility index (Phi) is 4.43. The first-order chi connectivity index (χ1) is 12.3. The van der Waals surface area contributed by atoms with Crippen molar-refractivity contribution in [1.29, 1.82) is 0 Å². The number of hydrogen-bond acceptors (Lipinski definition) is 4. The van der Waals surface area contributed by atoms with Gasteiger partial charge >= 0.3 is 0 Å². The highest BCUT2D eigenvalue weighted by Gasteiger charge is 2.23. The zero-order valence-corrected chi connectivity index (χ0v) is 14.0. The number of amides is 1. The Balaban J connectivity index is 1.32. The van der Waals surface area contributed by atoms with E-state index in [0.717, 1.165) is 26.1 Å². The van der Waals surface area contributed by atoms with Crippen molar-refractivity contribution in [3.8, 4) is 0 Å². The molecule has 25 heavy (non-hydrogen) atoms. The molecule has 2 heterocycles. The van der Waals surface area contributed by atoms with Gasteiger partial charge in [0.2, 0.25) is 0 Å². The van der Waals surface area contributed by atoms with Crippen LogP contribution in [0.25, 0.3) is 11.0 Å². The van der Waals surface area contributed by atoms with E-state index in [2.05, 4.69) is 49.9 Å². The summed E-state index contributed by atoms with van der Waals surface area (Å²) < 4.78 is 0. The van der Waals surface area contributed by atoms with Crippen LogP contribution in [0.5, 0.6) is 0 Å². The van der Waals surface area contributed by atoms with Gasteiger partial charge in [-0.25, -0.2) is 0 Å². The molecule has 0 spiro atoms. The van der Waals surface area contributed by atoms with E-state index in [-0.39, 0.29) is 5.91 Å². The topological polar surface area (TPSA) is 73.9 Å². The van der Waals surface area contributed by atoms with E-state index in [1.165, 1.54) is 5.56 Å². The maximum absolute atomic E-state index is 12.5. The number of fused-ring (bicyclic) bond motifs is 1. The van der Waals surface area contributed by atoms with Crippen molar-refractivity contribution in [2.45, 2.75) is 13.0 Å². The molecule has 1 aromatic heterocycles. The second-order valence-electron chi connectivity index (χ2n) is 6.58. The fraction of sp³-hybridized carbons (Fsp3) is 0.316. The smallest absolute Gasteiger partial charge is 0.253 e. The summed E-state index contributed by atoms with van der Waals surface area (Å²) in [5.41, 5.74) is 3.25. The number of aromatic amines is 1. The zero-order valence-electron chi connectivity index (χ0n) is 14.0. The predicted octanol–water partition coefficient (Wildman–Crippen LogP) is 2.21. The van der Waals surface area contributed by atoms with Crippen LogP contribution in [0.15, 0.2) is 48.5 Å². The molecule has 0 radical (unpaired) electrons. The van der Waals surface area contributed by atoms with E-state index in [4.69, 9.17) is 0 Å². The molecule has 2 N–H and O–H groups in total. The average molecular weight is 335 g/mol. The minimum atomic E-state index is -0.0824. The van der Waals surface area contributed by atoms with Crippen molar-refractivity contribution in [3.05, 3.63) is 59.7 Å². The lowest BCUT2D eigenvalue weighted by Crippen LogP contribution is -2.31. The monoisotopic (exact) mass is 335 g/mol. The van der Waals surface area contributed by atoms with Crippen molar-refractivity contribution < 1.29 is 4.79 Å². The molecule has 0 saturated carbocycles. The van der Waals surface area contributed by atoms with Crippen LogP contribution in [0.1, 0.15) is 22.3 Å². The van der Waals surface area contributed by atoms with Gasteiger partial charge in [0.25, 0.3) is 5.91 Å². The Bertz CT molecular complexity index is 860. The van der Waals surface area contributed by atoms with E-state index in [1.54, 1.807) is 6.07 Å². The fourth-order valence-corrected chi connectivity index (χ4v) is 3.45. The fourth-order valence-electron chi connectivity index (χ4n) is 3.45. The van der Waals surface area contributed by atoms with Crippen molar-refractivity contribution in [1.82, 2.24) is 25.6 Å². The van der Waals surface area contributed by atoms with Crippen LogP contribution in [-0.2, 0) is 6.54 Å². The lowest BCUT2D eigenvalue weighted by atomic mass is 10.1. The van der Waals surface area contributed by atoms with Gasteiger partial charge in [-0.05, 0) is 36.6 Å². The molecule has 0 bridgehead atoms. The van der Waals surface area contributed by atoms with Gasteiger partial charge in [-0.15, -0.1) is 0 Å². The third-order valence-corrected chi connectivity index (χ3v) is 4.76. The average Bonchev–Trinajstić information content (AvgIpc) is 3.29. The highest BCUT2D eigenvalue weighted by atomic mass is 16.1. The van der Waals surface area contributed by atoms with Gasteiger partial charge in [0, 0.05) is 19.6 Å². The third kappa shape index (κ3) is 3.53. The summed E-state index contributed by atoms with van der Waals surface area (Å²) in [6.07, 6.45) is 1.11. The number of likely N-dealkylation sites (tertiary alicyclic amines) is 1. The first kappa shape index (κ1) is 15.8. The summed E-state index contributed by atoms with van der Waals surface area (Å²) in [4.78, 5) is 14.9. The van der Waals surface area contributed by atoms with Crippen molar-refractivity contribution >= 4 is 16.9 Å². The summed E-state index contributed by atoms with van der Waals surface area (Å²) in [6.45, 7) is 3.76. The van der Waals surface area contributed by atoms with Gasteiger partial charge in [-0.1, -0.05) is 36.4 Å². The number of carbonyl (C=O) groups is 1. The van der Waals surface area contributed by atoms with Crippen LogP contribution >= 0.6 is 0 Å². The summed E-state index contributed by atoms with van der Waals surface area (Å²) >= 11 is 0. The number of carbonyl (C=O) groups excluding carboxylic acids is 1. The SMILES string of the molecule is O=C(NCC1CCN(Cc2ccccc2)C1)c1cccc2n[nH]nc12. The number of hydrogen-bond donors (Lipinski definition) is 2. The maximum atomic E-state index is 12.5. The molecule has 3 aromatic rings. The molecule has 1 atom stereocenters. The first-order valence-corrected chi connectivity index (χ1v) is 8.63. The number of H-pyrrole nitrogens is 1. The number of nitrogens with one attached hydrogen (secondary N) is 2. The lowest BCUT2D eigenvalue weighted by Gasteiger charge is -2.16. The largest absolute Gasteiger partial charge is 0.352 e. The minimum Gasteiger partial charge on any atom is -0.352 e.